The molecular weight excluding hydrogens is 1400 g/mol. The molecule has 0 saturated heterocycles. The van der Waals surface area contributed by atoms with Crippen LogP contribution in [0.15, 0.2) is 87.6 Å². The van der Waals surface area contributed by atoms with Crippen molar-refractivity contribution < 1.29 is 90.6 Å². The number of ether oxygens (including phenoxy) is 9. The Morgan fingerprint density at radius 1 is 0.364 bits per heavy atom. The average molecular weight is 1580 g/mol. The maximum absolute atomic E-state index is 11.6. The Balaban J connectivity index is -0.0000000585. The van der Waals surface area contributed by atoms with E-state index in [2.05, 4.69) is 58.4 Å². The van der Waals surface area contributed by atoms with Gasteiger partial charge in [0, 0.05) is 59.3 Å². The number of hydrogen-bond donors (Lipinski definition) is 0. The zero-order valence-corrected chi connectivity index (χ0v) is 69.8. The molecule has 0 radical (unpaired) electrons. The highest BCUT2D eigenvalue weighted by Gasteiger charge is 2.56. The lowest BCUT2D eigenvalue weighted by Crippen LogP contribution is -2.40. The third-order valence-electron chi connectivity index (χ3n) is 13.1. The summed E-state index contributed by atoms with van der Waals surface area (Å²) in [6.07, 6.45) is 18.1. The Labute approximate surface area is 679 Å². The first-order chi connectivity index (χ1) is 44.8. The highest BCUT2D eigenvalue weighted by molar-refractivity contribution is 6.05. The molecule has 110 heavy (non-hydrogen) atoms. The normalized spacial score (nSPS) is 11.8. The minimum Gasteiger partial charge on any atom is -0.464 e. The second-order valence-corrected chi connectivity index (χ2v) is 35.1. The number of rotatable bonds is 18. The lowest BCUT2D eigenvalue weighted by molar-refractivity contribution is -0.161. The summed E-state index contributed by atoms with van der Waals surface area (Å²) in [6, 6.07) is 0. The number of esters is 9. The minimum absolute atomic E-state index is 0. The summed E-state index contributed by atoms with van der Waals surface area (Å²) in [4.78, 5) is 108. The molecular formula is C91H178O19. The van der Waals surface area contributed by atoms with Gasteiger partial charge in [-0.2, -0.15) is 0 Å². The number of terminal acetylenes is 1. The van der Waals surface area contributed by atoms with Crippen molar-refractivity contribution in [3.63, 3.8) is 0 Å². The fraction of sp³-hybridized carbons (Fsp3) is 0.714. The van der Waals surface area contributed by atoms with Gasteiger partial charge in [0.1, 0.15) is 28.5 Å². The van der Waals surface area contributed by atoms with Crippen LogP contribution in [0.2, 0.25) is 0 Å². The Morgan fingerprint density at radius 3 is 0.791 bits per heavy atom. The van der Waals surface area contributed by atoms with Crippen molar-refractivity contribution in [3.05, 3.63) is 87.6 Å². The minimum atomic E-state index is -0.773. The number of Topliss-reactive ketones (excluding diaryl/α,β-unsaturated/α-hetero) is 1. The van der Waals surface area contributed by atoms with Crippen LogP contribution in [0.25, 0.3) is 0 Å². The Kier molecular flexibility index (Phi) is 87.1. The van der Waals surface area contributed by atoms with Gasteiger partial charge in [0.25, 0.3) is 0 Å². The van der Waals surface area contributed by atoms with Crippen LogP contribution in [0, 0.1) is 66.5 Å². The number of ketones is 1. The summed E-state index contributed by atoms with van der Waals surface area (Å²) in [6.45, 7) is 88.0. The van der Waals surface area contributed by atoms with Gasteiger partial charge in [0.2, 0.25) is 0 Å². The van der Waals surface area contributed by atoms with E-state index in [1.165, 1.54) is 49.5 Å². The van der Waals surface area contributed by atoms with Crippen molar-refractivity contribution in [3.8, 4) is 12.3 Å². The first-order valence-electron chi connectivity index (χ1n) is 33.9. The van der Waals surface area contributed by atoms with Crippen LogP contribution in [0.3, 0.4) is 0 Å². The van der Waals surface area contributed by atoms with Gasteiger partial charge >= 0.3 is 53.7 Å². The maximum Gasteiger partial charge on any atom is 0.384 e. The van der Waals surface area contributed by atoms with Gasteiger partial charge in [0.15, 0.2) is 0 Å². The largest absolute Gasteiger partial charge is 0.464 e. The van der Waals surface area contributed by atoms with E-state index in [1.54, 1.807) is 26.0 Å². The van der Waals surface area contributed by atoms with E-state index in [-0.39, 0.29) is 175 Å². The van der Waals surface area contributed by atoms with Gasteiger partial charge in [-0.3, -0.25) is 9.59 Å². The topological polar surface area (TPSA) is 254 Å². The molecule has 1 rings (SSSR count). The molecule has 0 aromatic heterocycles. The quantitative estimate of drug-likeness (QED) is 0.0309. The summed E-state index contributed by atoms with van der Waals surface area (Å²) in [7, 11) is 0. The molecule has 0 amide bonds. The molecule has 0 aromatic rings. The molecule has 0 aliphatic heterocycles. The van der Waals surface area contributed by atoms with Crippen molar-refractivity contribution >= 4 is 59.5 Å². The fourth-order valence-electron chi connectivity index (χ4n) is 4.50. The molecule has 1 atom stereocenters. The molecule has 1 aliphatic rings. The van der Waals surface area contributed by atoms with Gasteiger partial charge < -0.3 is 42.6 Å². The van der Waals surface area contributed by atoms with Crippen LogP contribution in [-0.4, -0.2) is 116 Å². The zero-order chi connectivity index (χ0) is 82.4. The molecule has 1 aliphatic carbocycles. The van der Waals surface area contributed by atoms with E-state index in [9.17, 15) is 47.9 Å². The SMILES string of the molecule is C.C.C.C.C.C.C.C.C.C#CC(=O)OCC(C)(C)C.C/C=C/C(=O)OC(C)(C)C(C)(C)C.C/C=C/C(=O)OCC(C)(C)C.C=CC(=O)OC(C)(C)C(C)(C)C.C=CC(=O)OC(C)C(C)(C)C.C=CC(=O)OCC(C)(C)C.C=CC(=O)OCC(C)(C)C.C=CC(=O)OCC(C)(C)C.CC(=O)C1(C(=O)OCC(C)(C)C)CC1. The third-order valence-corrected chi connectivity index (χ3v) is 13.1. The van der Waals surface area contributed by atoms with Crippen LogP contribution < -0.4 is 0 Å². The Hall–Kier alpha value is -7.36. The van der Waals surface area contributed by atoms with E-state index in [1.807, 2.05) is 207 Å². The van der Waals surface area contributed by atoms with E-state index in [4.69, 9.17) is 44.3 Å². The van der Waals surface area contributed by atoms with Crippen molar-refractivity contribution in [1.29, 1.82) is 0 Å². The van der Waals surface area contributed by atoms with Crippen LogP contribution >= 0.6 is 0 Å². The second kappa shape index (κ2) is 66.3. The predicted molar refractivity (Wildman–Crippen MR) is 469 cm³/mol. The zero-order valence-electron chi connectivity index (χ0n) is 69.8. The smallest absolute Gasteiger partial charge is 0.384 e. The van der Waals surface area contributed by atoms with Crippen molar-refractivity contribution in [2.24, 2.45) is 54.1 Å². The van der Waals surface area contributed by atoms with Gasteiger partial charge in [-0.25, -0.2) is 38.4 Å². The van der Waals surface area contributed by atoms with Gasteiger partial charge in [-0.15, -0.1) is 6.42 Å². The van der Waals surface area contributed by atoms with Crippen molar-refractivity contribution in [1.82, 2.24) is 0 Å². The molecule has 656 valence electrons. The molecule has 0 spiro atoms. The Morgan fingerprint density at radius 2 is 0.591 bits per heavy atom. The first-order valence-corrected chi connectivity index (χ1v) is 33.9. The summed E-state index contributed by atoms with van der Waals surface area (Å²) < 4.78 is 44.7. The highest BCUT2D eigenvalue weighted by Crippen LogP contribution is 2.47. The third kappa shape index (κ3) is 96.7. The number of carbonyl (C=O) groups is 10. The number of allylic oxidation sites excluding steroid dienone is 2. The van der Waals surface area contributed by atoms with Crippen LogP contribution in [0.5, 0.6) is 0 Å². The molecule has 0 N–H and O–H groups in total. The summed E-state index contributed by atoms with van der Waals surface area (Å²) in [5, 5.41) is 0. The molecule has 1 unspecified atom stereocenters. The summed E-state index contributed by atoms with van der Waals surface area (Å²) in [5.41, 5.74) is -1.66. The fourth-order valence-corrected chi connectivity index (χ4v) is 4.50. The molecule has 0 bridgehead atoms. The molecule has 0 aromatic carbocycles. The van der Waals surface area contributed by atoms with E-state index >= 15 is 0 Å². The van der Waals surface area contributed by atoms with E-state index < -0.39 is 22.6 Å². The van der Waals surface area contributed by atoms with Crippen molar-refractivity contribution in [2.75, 3.05) is 39.6 Å². The van der Waals surface area contributed by atoms with Gasteiger partial charge in [0.05, 0.1) is 39.6 Å². The highest BCUT2D eigenvalue weighted by atomic mass is 16.6. The lowest BCUT2D eigenvalue weighted by atomic mass is 9.79. The predicted octanol–water partition coefficient (Wildman–Crippen LogP) is 23.9. The first kappa shape index (κ1) is 145. The van der Waals surface area contributed by atoms with Gasteiger partial charge in [-0.1, -0.05) is 299 Å². The number of hydrogen-bond acceptors (Lipinski definition) is 19. The van der Waals surface area contributed by atoms with Gasteiger partial charge in [-0.05, 0) is 106 Å². The summed E-state index contributed by atoms with van der Waals surface area (Å²) in [5.74, 6) is -1.42. The summed E-state index contributed by atoms with van der Waals surface area (Å²) >= 11 is 0. The maximum atomic E-state index is 11.6. The molecule has 1 saturated carbocycles. The van der Waals surface area contributed by atoms with Crippen molar-refractivity contribution in [2.45, 2.75) is 339 Å². The van der Waals surface area contributed by atoms with Crippen LogP contribution in [-0.2, 0) is 90.6 Å². The average Bonchev–Trinajstić information content (AvgIpc) is 1.62. The molecule has 1 fully saturated rings. The van der Waals surface area contributed by atoms with E-state index in [0.717, 1.165) is 0 Å². The van der Waals surface area contributed by atoms with Crippen LogP contribution in [0.1, 0.15) is 322 Å². The monoisotopic (exact) mass is 1580 g/mol. The van der Waals surface area contributed by atoms with Crippen LogP contribution in [0.4, 0.5) is 0 Å². The molecule has 0 heterocycles. The standard InChI is InChI=1S/C11H18O3.C11H20O2.C10H18O2.2C9H16O2.3C8H14O2.C8H12O2.9CH4/c1-8(12)11(5-6-11)9(13)14-7-10(2,3)4;1-7-8-9(12)13-11(5,6)10(2,3)4;1-7-8(11)12-10(5,6)9(2,3)4;1-6-8(10)11-7(2)9(3,4)5;1-5-6-8(10)11-7-9(2,3)4;4*1-5-7(9)10-6-8(2,3)4;;;;;;;;;/h5-7H2,1-4H3;7-8H,1-6H3;7H,1H2,2-6H3;6-7H,1H2,2-5H3;5-6H,7H2,1-4H3;3*5H,1,6H2,2-4H3;1H,6H2,2-4H3;9*1H4/b;8-7+;;;6-5+;;;;;;;;;;;;;. The van der Waals surface area contributed by atoms with E-state index in [0.29, 0.717) is 52.5 Å². The molecule has 19 nitrogen and oxygen atoms in total. The Bertz CT molecular complexity index is 2580. The lowest BCUT2D eigenvalue weighted by Gasteiger charge is -2.37. The molecule has 19 heteroatoms. The second-order valence-electron chi connectivity index (χ2n) is 35.1. The number of carbonyl (C=O) groups excluding carboxylic acids is 10.